The number of halogens is 1. The van der Waals surface area contributed by atoms with Gasteiger partial charge in [-0.1, -0.05) is 80.0 Å². The minimum atomic E-state index is -1.28. The van der Waals surface area contributed by atoms with Gasteiger partial charge in [-0.25, -0.2) is 4.79 Å². The first-order valence-corrected chi connectivity index (χ1v) is 18.5. The first-order valence-electron chi connectivity index (χ1n) is 18.1. The van der Waals surface area contributed by atoms with E-state index in [-0.39, 0.29) is 44.7 Å². The number of nitrogens with one attached hydrogen (secondary N) is 2. The molecule has 2 aliphatic rings. The monoisotopic (exact) mass is 767 g/mol. The summed E-state index contributed by atoms with van der Waals surface area (Å²) in [5, 5.41) is 9.36. The third-order valence-corrected chi connectivity index (χ3v) is 9.55. The topological polar surface area (TPSA) is 187 Å². The molecule has 1 saturated heterocycles. The Morgan fingerprint density at radius 3 is 2.44 bits per heavy atom. The standard InChI is InChI=1S/C39H50ClN5O9/c1-23(2)19-32-38(49)51-30(24(3)34-35(54-39(4,5)53-34)26-11-8-7-9-12-26)13-10-14-33(46)44-29(21-25-15-16-31(50-6)28(40)20-25)36(47)42-22-27(37(48)52-32)17-18-43-45-41/h7-12,14-16,20,23-24,27,29-30,32,34-35H,13,17-19,21-22H2,1-6H3,(H,42,47)(H,44,46)/b14-10+/t24-,27+,29+,30-,32-,34+,35+/m0/s1. The Bertz CT molecular complexity index is 1700. The molecule has 7 atom stereocenters. The van der Waals surface area contributed by atoms with E-state index >= 15 is 0 Å². The van der Waals surface area contributed by atoms with Crippen LogP contribution in [0.25, 0.3) is 10.4 Å². The van der Waals surface area contributed by atoms with Crippen LogP contribution < -0.4 is 15.4 Å². The molecule has 2 aliphatic heterocycles. The van der Waals surface area contributed by atoms with E-state index in [0.717, 1.165) is 5.56 Å². The molecule has 292 valence electrons. The highest BCUT2D eigenvalue weighted by atomic mass is 35.5. The van der Waals surface area contributed by atoms with Gasteiger partial charge in [-0.2, -0.15) is 0 Å². The minimum absolute atomic E-state index is 0.0236. The summed E-state index contributed by atoms with van der Waals surface area (Å²) < 4.78 is 30.0. The second kappa shape index (κ2) is 19.6. The van der Waals surface area contributed by atoms with Gasteiger partial charge in [0, 0.05) is 36.8 Å². The largest absolute Gasteiger partial charge is 0.495 e. The fraction of sp³-hybridized carbons (Fsp3) is 0.538. The van der Waals surface area contributed by atoms with E-state index in [1.165, 1.54) is 13.2 Å². The quantitative estimate of drug-likeness (QED) is 0.117. The van der Waals surface area contributed by atoms with E-state index in [2.05, 4.69) is 20.7 Å². The Morgan fingerprint density at radius 1 is 1.04 bits per heavy atom. The number of methoxy groups -OCH3 is 1. The molecule has 0 bridgehead atoms. The summed E-state index contributed by atoms with van der Waals surface area (Å²) in [5.74, 6) is -4.70. The molecule has 0 aromatic heterocycles. The van der Waals surface area contributed by atoms with Gasteiger partial charge in [0.05, 0.1) is 24.2 Å². The first-order chi connectivity index (χ1) is 25.7. The smallest absolute Gasteiger partial charge is 0.347 e. The lowest BCUT2D eigenvalue weighted by molar-refractivity contribution is -0.180. The highest BCUT2D eigenvalue weighted by Gasteiger charge is 2.47. The predicted molar refractivity (Wildman–Crippen MR) is 200 cm³/mol. The van der Waals surface area contributed by atoms with E-state index in [1.54, 1.807) is 24.3 Å². The summed E-state index contributed by atoms with van der Waals surface area (Å²) in [7, 11) is 1.49. The zero-order valence-corrected chi connectivity index (χ0v) is 32.3. The van der Waals surface area contributed by atoms with Crippen LogP contribution in [0.3, 0.4) is 0 Å². The molecule has 4 rings (SSSR count). The number of hydrogen-bond donors (Lipinski definition) is 2. The van der Waals surface area contributed by atoms with Gasteiger partial charge in [0.15, 0.2) is 11.9 Å². The summed E-state index contributed by atoms with van der Waals surface area (Å²) >= 11 is 6.35. The molecular formula is C39H50ClN5O9. The van der Waals surface area contributed by atoms with Gasteiger partial charge in [-0.15, -0.1) is 0 Å². The fourth-order valence-electron chi connectivity index (χ4n) is 6.46. The van der Waals surface area contributed by atoms with Crippen molar-refractivity contribution in [3.05, 3.63) is 87.3 Å². The molecule has 15 heteroatoms. The number of carbonyl (C=O) groups excluding carboxylic acids is 4. The number of azide groups is 1. The van der Waals surface area contributed by atoms with Crippen LogP contribution in [0.1, 0.15) is 71.1 Å². The molecule has 14 nitrogen and oxygen atoms in total. The summed E-state index contributed by atoms with van der Waals surface area (Å²) in [4.78, 5) is 57.4. The predicted octanol–water partition coefficient (Wildman–Crippen LogP) is 6.17. The molecular weight excluding hydrogens is 718 g/mol. The lowest BCUT2D eigenvalue weighted by Crippen LogP contribution is -2.49. The molecule has 54 heavy (non-hydrogen) atoms. The van der Waals surface area contributed by atoms with E-state index in [0.29, 0.717) is 16.3 Å². The molecule has 2 heterocycles. The molecule has 2 N–H and O–H groups in total. The molecule has 0 saturated carbocycles. The molecule has 0 radical (unpaired) electrons. The van der Waals surface area contributed by atoms with Crippen molar-refractivity contribution < 1.29 is 42.9 Å². The lowest BCUT2D eigenvalue weighted by Gasteiger charge is -2.31. The number of esters is 2. The number of amides is 2. The Morgan fingerprint density at radius 2 is 1.78 bits per heavy atom. The third kappa shape index (κ3) is 11.9. The van der Waals surface area contributed by atoms with Crippen molar-refractivity contribution in [2.24, 2.45) is 22.9 Å². The maximum absolute atomic E-state index is 13.9. The van der Waals surface area contributed by atoms with Crippen LogP contribution in [0, 0.1) is 17.8 Å². The molecule has 2 amide bonds. The van der Waals surface area contributed by atoms with E-state index in [9.17, 15) is 19.2 Å². The van der Waals surface area contributed by atoms with Gasteiger partial charge in [0.2, 0.25) is 11.8 Å². The number of benzene rings is 2. The average Bonchev–Trinajstić information content (AvgIpc) is 3.46. The van der Waals surface area contributed by atoms with Crippen molar-refractivity contribution >= 4 is 35.4 Å². The van der Waals surface area contributed by atoms with Crippen molar-refractivity contribution in [1.29, 1.82) is 0 Å². The minimum Gasteiger partial charge on any atom is -0.495 e. The van der Waals surface area contributed by atoms with Crippen molar-refractivity contribution in [2.45, 2.75) is 96.5 Å². The van der Waals surface area contributed by atoms with Gasteiger partial charge in [-0.05, 0) is 67.5 Å². The van der Waals surface area contributed by atoms with Crippen LogP contribution in [0.5, 0.6) is 5.75 Å². The molecule has 1 fully saturated rings. The first kappa shape index (κ1) is 42.1. The van der Waals surface area contributed by atoms with Crippen LogP contribution in [-0.4, -0.2) is 74.1 Å². The molecule has 2 aromatic rings. The van der Waals surface area contributed by atoms with Gasteiger partial charge in [0.1, 0.15) is 24.0 Å². The third-order valence-electron chi connectivity index (χ3n) is 9.26. The number of hydrogen-bond acceptors (Lipinski definition) is 10. The number of rotatable bonds is 11. The Kier molecular flexibility index (Phi) is 15.3. The Hall–Kier alpha value is -4.62. The SMILES string of the molecule is COc1ccc(C[C@H]2NC(=O)/C=C/C[C@@H]([C@H](C)[C@H]3OC(C)(C)O[C@@H]3c3ccccc3)OC(=O)[C@H](CC(C)C)OC(=O)[C@H](CCN=[N+]=[N-])CNC2=O)cc1Cl. The Balaban J connectivity index is 1.70. The maximum atomic E-state index is 13.9. The van der Waals surface area contributed by atoms with Crippen LogP contribution >= 0.6 is 11.6 Å². The van der Waals surface area contributed by atoms with Crippen molar-refractivity contribution in [2.75, 3.05) is 20.2 Å². The fourth-order valence-corrected chi connectivity index (χ4v) is 6.74. The second-order valence-electron chi connectivity index (χ2n) is 14.4. The number of nitrogens with zero attached hydrogens (tertiary/aromatic N) is 3. The highest BCUT2D eigenvalue weighted by molar-refractivity contribution is 6.32. The van der Waals surface area contributed by atoms with Gasteiger partial charge < -0.3 is 34.3 Å². The van der Waals surface area contributed by atoms with Crippen LogP contribution in [0.4, 0.5) is 0 Å². The second-order valence-corrected chi connectivity index (χ2v) is 14.8. The number of ether oxygens (including phenoxy) is 5. The zero-order valence-electron chi connectivity index (χ0n) is 31.5. The van der Waals surface area contributed by atoms with Gasteiger partial charge in [-0.3, -0.25) is 14.4 Å². The highest BCUT2D eigenvalue weighted by Crippen LogP contribution is 2.43. The number of carbonyl (C=O) groups is 4. The maximum Gasteiger partial charge on any atom is 0.347 e. The summed E-state index contributed by atoms with van der Waals surface area (Å²) in [5.41, 5.74) is 10.4. The van der Waals surface area contributed by atoms with Crippen LogP contribution in [0.15, 0.2) is 65.8 Å². The van der Waals surface area contributed by atoms with Gasteiger partial charge in [0.25, 0.3) is 0 Å². The molecule has 0 unspecified atom stereocenters. The van der Waals surface area contributed by atoms with E-state index in [4.69, 9.17) is 40.8 Å². The number of cyclic esters (lactones) is 2. The van der Waals surface area contributed by atoms with Crippen LogP contribution in [-0.2, 0) is 44.5 Å². The Labute approximate surface area is 320 Å². The average molecular weight is 768 g/mol. The van der Waals surface area contributed by atoms with E-state index in [1.807, 2.05) is 65.0 Å². The van der Waals surface area contributed by atoms with Crippen molar-refractivity contribution in [3.63, 3.8) is 0 Å². The summed E-state index contributed by atoms with van der Waals surface area (Å²) in [6, 6.07) is 13.5. The summed E-state index contributed by atoms with van der Waals surface area (Å²) in [6.45, 7) is 8.99. The molecule has 0 spiro atoms. The van der Waals surface area contributed by atoms with E-state index < -0.39 is 71.8 Å². The summed E-state index contributed by atoms with van der Waals surface area (Å²) in [6.07, 6.45) is 0.0175. The van der Waals surface area contributed by atoms with Gasteiger partial charge >= 0.3 is 11.9 Å². The van der Waals surface area contributed by atoms with Crippen molar-refractivity contribution in [1.82, 2.24) is 10.6 Å². The normalized spacial score (nSPS) is 26.4. The molecule has 0 aliphatic carbocycles. The zero-order chi connectivity index (χ0) is 39.4. The van der Waals surface area contributed by atoms with Crippen molar-refractivity contribution in [3.8, 4) is 5.75 Å². The molecule has 2 aromatic carbocycles. The van der Waals surface area contributed by atoms with Crippen LogP contribution in [0.2, 0.25) is 5.02 Å². The lowest BCUT2D eigenvalue weighted by atomic mass is 9.89.